The smallest absolute Gasteiger partial charge is 0.325 e. The van der Waals surface area contributed by atoms with Crippen molar-refractivity contribution in [3.63, 3.8) is 0 Å². The molecule has 2 aromatic rings. The van der Waals surface area contributed by atoms with E-state index in [0.717, 1.165) is 11.1 Å². The molecule has 0 spiro atoms. The van der Waals surface area contributed by atoms with Gasteiger partial charge >= 0.3 is 6.03 Å². The maximum absolute atomic E-state index is 13.1. The second kappa shape index (κ2) is 9.61. The largest absolute Gasteiger partial charge is 0.325 e. The Morgan fingerprint density at radius 2 is 1.68 bits per heavy atom. The number of imide groups is 1. The van der Waals surface area contributed by atoms with Gasteiger partial charge in [0.1, 0.15) is 5.82 Å². The molecule has 8 heteroatoms. The molecule has 0 aliphatic heterocycles. The van der Waals surface area contributed by atoms with Crippen molar-refractivity contribution in [2.75, 3.05) is 30.8 Å². The first kappa shape index (κ1) is 21.0. The van der Waals surface area contributed by atoms with Crippen LogP contribution in [0.3, 0.4) is 0 Å². The van der Waals surface area contributed by atoms with Crippen LogP contribution < -0.4 is 16.0 Å². The van der Waals surface area contributed by atoms with Crippen molar-refractivity contribution in [1.82, 2.24) is 10.2 Å². The standard InChI is InChI=1S/C20H23FN4O3/c1-13-7-8-17(14(2)9-13)23-20(28)24-19(27)12-25(3)11-18(26)22-16-6-4-5-15(21)10-16/h4-10H,11-12H2,1-3H3,(H,22,26)(H2,23,24,27,28). The lowest BCUT2D eigenvalue weighted by Gasteiger charge is -2.16. The number of aryl methyl sites for hydroxylation is 2. The molecule has 0 atom stereocenters. The molecular weight excluding hydrogens is 363 g/mol. The van der Waals surface area contributed by atoms with Crippen molar-refractivity contribution in [2.24, 2.45) is 0 Å². The summed E-state index contributed by atoms with van der Waals surface area (Å²) in [5.74, 6) is -1.41. The molecule has 0 fully saturated rings. The van der Waals surface area contributed by atoms with Gasteiger partial charge in [-0.2, -0.15) is 0 Å². The number of nitrogens with one attached hydrogen (secondary N) is 3. The number of anilines is 2. The van der Waals surface area contributed by atoms with E-state index in [9.17, 15) is 18.8 Å². The molecule has 4 amide bonds. The van der Waals surface area contributed by atoms with Crippen molar-refractivity contribution in [2.45, 2.75) is 13.8 Å². The summed E-state index contributed by atoms with van der Waals surface area (Å²) in [5, 5.41) is 7.38. The van der Waals surface area contributed by atoms with E-state index in [-0.39, 0.29) is 13.1 Å². The first-order valence-corrected chi connectivity index (χ1v) is 8.65. The quantitative estimate of drug-likeness (QED) is 0.712. The Morgan fingerprint density at radius 1 is 0.964 bits per heavy atom. The SMILES string of the molecule is Cc1ccc(NC(=O)NC(=O)CN(C)CC(=O)Nc2cccc(F)c2)c(C)c1. The van der Waals surface area contributed by atoms with Gasteiger partial charge in [0.25, 0.3) is 0 Å². The fourth-order valence-electron chi connectivity index (χ4n) is 2.59. The maximum Gasteiger partial charge on any atom is 0.325 e. The molecule has 0 saturated heterocycles. The Balaban J connectivity index is 1.78. The van der Waals surface area contributed by atoms with Crippen molar-refractivity contribution in [3.05, 3.63) is 59.4 Å². The van der Waals surface area contributed by atoms with E-state index in [0.29, 0.717) is 11.4 Å². The minimum atomic E-state index is -0.644. The van der Waals surface area contributed by atoms with Crippen LogP contribution in [0.2, 0.25) is 0 Å². The molecule has 0 heterocycles. The van der Waals surface area contributed by atoms with Crippen molar-refractivity contribution >= 4 is 29.2 Å². The normalized spacial score (nSPS) is 10.5. The number of nitrogens with zero attached hydrogens (tertiary/aromatic N) is 1. The van der Waals surface area contributed by atoms with Crippen LogP contribution in [0.15, 0.2) is 42.5 Å². The highest BCUT2D eigenvalue weighted by atomic mass is 19.1. The molecule has 3 N–H and O–H groups in total. The number of amides is 4. The van der Waals surface area contributed by atoms with Crippen LogP contribution in [0.1, 0.15) is 11.1 Å². The van der Waals surface area contributed by atoms with Gasteiger partial charge in [-0.3, -0.25) is 19.8 Å². The number of benzene rings is 2. The predicted molar refractivity (Wildman–Crippen MR) is 106 cm³/mol. The van der Waals surface area contributed by atoms with Gasteiger partial charge in [0, 0.05) is 11.4 Å². The Bertz CT molecular complexity index is 886. The lowest BCUT2D eigenvalue weighted by molar-refractivity contribution is -0.121. The molecule has 0 unspecified atom stereocenters. The zero-order chi connectivity index (χ0) is 20.7. The van der Waals surface area contributed by atoms with Crippen LogP contribution in [-0.2, 0) is 9.59 Å². The van der Waals surface area contributed by atoms with E-state index in [1.54, 1.807) is 19.2 Å². The van der Waals surface area contributed by atoms with Gasteiger partial charge < -0.3 is 10.6 Å². The highest BCUT2D eigenvalue weighted by Gasteiger charge is 2.14. The van der Waals surface area contributed by atoms with Crippen LogP contribution in [0, 0.1) is 19.7 Å². The Hall–Kier alpha value is -3.26. The van der Waals surface area contributed by atoms with E-state index in [1.807, 2.05) is 26.0 Å². The second-order valence-corrected chi connectivity index (χ2v) is 6.55. The number of hydrogen-bond acceptors (Lipinski definition) is 4. The van der Waals surface area contributed by atoms with Crippen molar-refractivity contribution < 1.29 is 18.8 Å². The van der Waals surface area contributed by atoms with E-state index in [1.165, 1.54) is 23.1 Å². The number of rotatable bonds is 6. The highest BCUT2D eigenvalue weighted by Crippen LogP contribution is 2.15. The molecule has 0 aromatic heterocycles. The number of carbonyl (C=O) groups excluding carboxylic acids is 3. The van der Waals surface area contributed by atoms with Gasteiger partial charge in [0.2, 0.25) is 11.8 Å². The number of hydrogen-bond donors (Lipinski definition) is 3. The average molecular weight is 386 g/mol. The zero-order valence-electron chi connectivity index (χ0n) is 16.0. The number of halogens is 1. The molecule has 0 radical (unpaired) electrons. The van der Waals surface area contributed by atoms with Crippen LogP contribution in [0.4, 0.5) is 20.6 Å². The molecule has 28 heavy (non-hydrogen) atoms. The first-order valence-electron chi connectivity index (χ1n) is 8.65. The van der Waals surface area contributed by atoms with Crippen LogP contribution in [0.25, 0.3) is 0 Å². The molecule has 0 bridgehead atoms. The summed E-state index contributed by atoms with van der Waals surface area (Å²) in [4.78, 5) is 37.3. The van der Waals surface area contributed by atoms with E-state index in [4.69, 9.17) is 0 Å². The lowest BCUT2D eigenvalue weighted by Crippen LogP contribution is -2.42. The fraction of sp³-hybridized carbons (Fsp3) is 0.250. The number of likely N-dealkylation sites (N-methyl/N-ethyl adjacent to an activating group) is 1. The van der Waals surface area contributed by atoms with Crippen LogP contribution in [0.5, 0.6) is 0 Å². The van der Waals surface area contributed by atoms with Gasteiger partial charge in [0.05, 0.1) is 13.1 Å². The molecule has 148 valence electrons. The van der Waals surface area contributed by atoms with Gasteiger partial charge in [-0.25, -0.2) is 9.18 Å². The molecule has 0 aliphatic rings. The molecule has 2 aromatic carbocycles. The zero-order valence-corrected chi connectivity index (χ0v) is 16.0. The van der Waals surface area contributed by atoms with Gasteiger partial charge in [-0.05, 0) is 50.7 Å². The van der Waals surface area contributed by atoms with Crippen LogP contribution >= 0.6 is 0 Å². The Kier molecular flexibility index (Phi) is 7.22. The Labute approximate surface area is 162 Å². The monoisotopic (exact) mass is 386 g/mol. The molecule has 7 nitrogen and oxygen atoms in total. The summed E-state index contributed by atoms with van der Waals surface area (Å²) in [5.41, 5.74) is 2.89. The maximum atomic E-state index is 13.1. The lowest BCUT2D eigenvalue weighted by atomic mass is 10.1. The third-order valence-electron chi connectivity index (χ3n) is 3.82. The topological polar surface area (TPSA) is 90.5 Å². The summed E-state index contributed by atoms with van der Waals surface area (Å²) in [7, 11) is 1.56. The minimum Gasteiger partial charge on any atom is -0.325 e. The molecular formula is C20H23FN4O3. The number of urea groups is 1. The fourth-order valence-corrected chi connectivity index (χ4v) is 2.59. The van der Waals surface area contributed by atoms with Gasteiger partial charge in [-0.1, -0.05) is 23.8 Å². The third-order valence-corrected chi connectivity index (χ3v) is 3.82. The predicted octanol–water partition coefficient (Wildman–Crippen LogP) is 2.66. The Morgan fingerprint density at radius 3 is 2.36 bits per heavy atom. The second-order valence-electron chi connectivity index (χ2n) is 6.55. The summed E-state index contributed by atoms with van der Waals surface area (Å²) in [6.07, 6.45) is 0. The van der Waals surface area contributed by atoms with Gasteiger partial charge in [0.15, 0.2) is 0 Å². The molecule has 0 saturated carbocycles. The van der Waals surface area contributed by atoms with E-state index in [2.05, 4.69) is 16.0 Å². The number of carbonyl (C=O) groups is 3. The third kappa shape index (κ3) is 6.81. The van der Waals surface area contributed by atoms with Crippen molar-refractivity contribution in [1.29, 1.82) is 0 Å². The van der Waals surface area contributed by atoms with E-state index >= 15 is 0 Å². The summed E-state index contributed by atoms with van der Waals surface area (Å²) < 4.78 is 13.1. The molecule has 0 aliphatic carbocycles. The minimum absolute atomic E-state index is 0.0946. The summed E-state index contributed by atoms with van der Waals surface area (Å²) in [6, 6.07) is 10.4. The van der Waals surface area contributed by atoms with E-state index < -0.39 is 23.7 Å². The summed E-state index contributed by atoms with van der Waals surface area (Å²) >= 11 is 0. The summed E-state index contributed by atoms with van der Waals surface area (Å²) in [6.45, 7) is 3.55. The highest BCUT2D eigenvalue weighted by molar-refractivity contribution is 6.02. The first-order chi connectivity index (χ1) is 13.2. The van der Waals surface area contributed by atoms with Crippen molar-refractivity contribution in [3.8, 4) is 0 Å². The average Bonchev–Trinajstić information content (AvgIpc) is 2.56. The van der Waals surface area contributed by atoms with Gasteiger partial charge in [-0.15, -0.1) is 0 Å². The molecule has 2 rings (SSSR count). The van der Waals surface area contributed by atoms with Crippen LogP contribution in [-0.4, -0.2) is 42.9 Å².